The van der Waals surface area contributed by atoms with Crippen molar-refractivity contribution in [1.29, 1.82) is 0 Å². The molecule has 0 radical (unpaired) electrons. The van der Waals surface area contributed by atoms with Gasteiger partial charge in [0.2, 0.25) is 0 Å². The third-order valence-electron chi connectivity index (χ3n) is 2.65. The van der Waals surface area contributed by atoms with Gasteiger partial charge in [-0.2, -0.15) is 13.2 Å². The van der Waals surface area contributed by atoms with Crippen LogP contribution >= 0.6 is 27.5 Å². The summed E-state index contributed by atoms with van der Waals surface area (Å²) in [5.74, 6) is -0.553. The molecular weight excluding hydrogens is 357 g/mol. The molecule has 0 N–H and O–H groups in total. The molecule has 0 aromatic heterocycles. The lowest BCUT2D eigenvalue weighted by atomic mass is 10.0. The zero-order chi connectivity index (χ0) is 14.9. The molecule has 0 amide bonds. The molecule has 2 aromatic rings. The van der Waals surface area contributed by atoms with Crippen molar-refractivity contribution in [2.75, 3.05) is 0 Å². The second-order valence-corrected chi connectivity index (χ2v) is 5.24. The Bertz CT molecular complexity index is 668. The van der Waals surface area contributed by atoms with E-state index in [1.807, 2.05) is 0 Å². The van der Waals surface area contributed by atoms with Crippen molar-refractivity contribution in [3.63, 3.8) is 0 Å². The molecule has 20 heavy (non-hydrogen) atoms. The quantitative estimate of drug-likeness (QED) is 0.657. The maximum absolute atomic E-state index is 12.6. The van der Waals surface area contributed by atoms with Gasteiger partial charge in [0.1, 0.15) is 0 Å². The molecule has 0 saturated carbocycles. The molecule has 0 aliphatic carbocycles. The molecule has 2 aromatic carbocycles. The van der Waals surface area contributed by atoms with E-state index in [4.69, 9.17) is 11.6 Å². The third kappa shape index (κ3) is 3.04. The fourth-order valence-electron chi connectivity index (χ4n) is 1.67. The van der Waals surface area contributed by atoms with Gasteiger partial charge in [-0.05, 0) is 40.2 Å². The van der Waals surface area contributed by atoms with Crippen molar-refractivity contribution in [3.05, 3.63) is 68.7 Å². The van der Waals surface area contributed by atoms with Gasteiger partial charge in [-0.1, -0.05) is 29.8 Å². The van der Waals surface area contributed by atoms with E-state index in [1.54, 1.807) is 12.1 Å². The second-order valence-electron chi connectivity index (χ2n) is 4.01. The molecule has 0 atom stereocenters. The number of carbonyl (C=O) groups excluding carboxylic acids is 1. The van der Waals surface area contributed by atoms with E-state index in [0.29, 0.717) is 4.47 Å². The summed E-state index contributed by atoms with van der Waals surface area (Å²) in [4.78, 5) is 12.2. The smallest absolute Gasteiger partial charge is 0.289 e. The summed E-state index contributed by atoms with van der Waals surface area (Å²) in [6.07, 6.45) is -4.49. The highest BCUT2D eigenvalue weighted by molar-refractivity contribution is 9.10. The highest BCUT2D eigenvalue weighted by atomic mass is 79.9. The predicted octanol–water partition coefficient (Wildman–Crippen LogP) is 5.35. The first-order valence-corrected chi connectivity index (χ1v) is 6.64. The highest BCUT2D eigenvalue weighted by Crippen LogP contribution is 2.31. The Morgan fingerprint density at radius 1 is 1.10 bits per heavy atom. The van der Waals surface area contributed by atoms with E-state index in [0.717, 1.165) is 12.1 Å². The molecule has 0 fully saturated rings. The van der Waals surface area contributed by atoms with Crippen LogP contribution in [0.3, 0.4) is 0 Å². The maximum Gasteiger partial charge on any atom is 0.416 e. The van der Waals surface area contributed by atoms with Crippen molar-refractivity contribution < 1.29 is 18.0 Å². The van der Waals surface area contributed by atoms with E-state index < -0.39 is 17.5 Å². The van der Waals surface area contributed by atoms with E-state index in [-0.39, 0.29) is 16.1 Å². The zero-order valence-electron chi connectivity index (χ0n) is 9.84. The lowest BCUT2D eigenvalue weighted by molar-refractivity contribution is -0.137. The molecule has 104 valence electrons. The topological polar surface area (TPSA) is 17.1 Å². The Labute approximate surface area is 126 Å². The standard InChI is InChI=1S/C14H7BrClF3O/c15-11-6-2-5-10(12(11)16)13(20)8-3-1-4-9(7-8)14(17,18)19/h1-7H. The van der Waals surface area contributed by atoms with Gasteiger partial charge < -0.3 is 0 Å². The first kappa shape index (κ1) is 15.1. The van der Waals surface area contributed by atoms with Crippen molar-refractivity contribution >= 4 is 33.3 Å². The van der Waals surface area contributed by atoms with Gasteiger partial charge in [-0.25, -0.2) is 0 Å². The van der Waals surface area contributed by atoms with Crippen LogP contribution in [-0.4, -0.2) is 5.78 Å². The minimum absolute atomic E-state index is 0.0557. The Hall–Kier alpha value is -1.33. The van der Waals surface area contributed by atoms with Crippen LogP contribution in [0, 0.1) is 0 Å². The van der Waals surface area contributed by atoms with Crippen molar-refractivity contribution in [1.82, 2.24) is 0 Å². The SMILES string of the molecule is O=C(c1cccc(C(F)(F)F)c1)c1cccc(Br)c1Cl. The van der Waals surface area contributed by atoms with Crippen LogP contribution in [0.2, 0.25) is 5.02 Å². The number of hydrogen-bond donors (Lipinski definition) is 0. The first-order valence-electron chi connectivity index (χ1n) is 5.46. The fourth-order valence-corrected chi connectivity index (χ4v) is 2.25. The molecule has 0 unspecified atom stereocenters. The normalized spacial score (nSPS) is 11.4. The molecular formula is C14H7BrClF3O. The summed E-state index contributed by atoms with van der Waals surface area (Å²) in [7, 11) is 0. The summed E-state index contributed by atoms with van der Waals surface area (Å²) >= 11 is 9.15. The molecule has 0 aliphatic rings. The number of ketones is 1. The van der Waals surface area contributed by atoms with E-state index in [9.17, 15) is 18.0 Å². The predicted molar refractivity (Wildman–Crippen MR) is 74.0 cm³/mol. The molecule has 2 rings (SSSR count). The molecule has 0 aliphatic heterocycles. The van der Waals surface area contributed by atoms with Crippen LogP contribution in [0.4, 0.5) is 13.2 Å². The van der Waals surface area contributed by atoms with Gasteiger partial charge in [0.15, 0.2) is 5.78 Å². The van der Waals surface area contributed by atoms with Crippen molar-refractivity contribution in [2.45, 2.75) is 6.18 Å². The van der Waals surface area contributed by atoms with Crippen LogP contribution < -0.4 is 0 Å². The number of rotatable bonds is 2. The monoisotopic (exact) mass is 362 g/mol. The molecule has 0 saturated heterocycles. The number of hydrogen-bond acceptors (Lipinski definition) is 1. The Morgan fingerprint density at radius 3 is 2.40 bits per heavy atom. The largest absolute Gasteiger partial charge is 0.416 e. The van der Waals surface area contributed by atoms with E-state index >= 15 is 0 Å². The Morgan fingerprint density at radius 2 is 1.75 bits per heavy atom. The summed E-state index contributed by atoms with van der Waals surface area (Å²) in [6.45, 7) is 0. The van der Waals surface area contributed by atoms with Crippen molar-refractivity contribution in [2.24, 2.45) is 0 Å². The third-order valence-corrected chi connectivity index (χ3v) is 3.94. The summed E-state index contributed by atoms with van der Waals surface area (Å²) in [5.41, 5.74) is -0.769. The number of carbonyl (C=O) groups is 1. The van der Waals surface area contributed by atoms with E-state index in [2.05, 4.69) is 15.9 Å². The number of benzene rings is 2. The molecule has 1 nitrogen and oxygen atoms in total. The summed E-state index contributed by atoms with van der Waals surface area (Å²) in [6, 6.07) is 8.97. The van der Waals surface area contributed by atoms with Crippen molar-refractivity contribution in [3.8, 4) is 0 Å². The fraction of sp³-hybridized carbons (Fsp3) is 0.0714. The lowest BCUT2D eigenvalue weighted by Gasteiger charge is -2.09. The van der Waals surface area contributed by atoms with Gasteiger partial charge >= 0.3 is 6.18 Å². The van der Waals surface area contributed by atoms with Crippen LogP contribution in [0.25, 0.3) is 0 Å². The average Bonchev–Trinajstić information content (AvgIpc) is 2.40. The van der Waals surface area contributed by atoms with Gasteiger partial charge in [0.25, 0.3) is 0 Å². The zero-order valence-corrected chi connectivity index (χ0v) is 12.2. The van der Waals surface area contributed by atoms with Gasteiger partial charge in [-0.15, -0.1) is 0 Å². The van der Waals surface area contributed by atoms with Crippen LogP contribution in [0.1, 0.15) is 21.5 Å². The molecule has 6 heteroatoms. The summed E-state index contributed by atoms with van der Waals surface area (Å²) in [5, 5.41) is 0.176. The summed E-state index contributed by atoms with van der Waals surface area (Å²) < 4.78 is 38.4. The van der Waals surface area contributed by atoms with Gasteiger partial charge in [0.05, 0.1) is 10.6 Å². The van der Waals surface area contributed by atoms with Gasteiger partial charge in [-0.3, -0.25) is 4.79 Å². The molecule has 0 bridgehead atoms. The highest BCUT2D eigenvalue weighted by Gasteiger charge is 2.31. The Balaban J connectivity index is 2.47. The van der Waals surface area contributed by atoms with Gasteiger partial charge in [0, 0.05) is 15.6 Å². The molecule has 0 heterocycles. The first-order chi connectivity index (χ1) is 9.30. The van der Waals surface area contributed by atoms with Crippen LogP contribution in [0.5, 0.6) is 0 Å². The Kier molecular flexibility index (Phi) is 4.20. The number of halogens is 5. The van der Waals surface area contributed by atoms with Crippen LogP contribution in [-0.2, 0) is 6.18 Å². The van der Waals surface area contributed by atoms with Crippen LogP contribution in [0.15, 0.2) is 46.9 Å². The molecule has 0 spiro atoms. The van der Waals surface area contributed by atoms with E-state index in [1.165, 1.54) is 18.2 Å². The second kappa shape index (κ2) is 5.58. The number of alkyl halides is 3. The minimum atomic E-state index is -4.49. The lowest BCUT2D eigenvalue weighted by Crippen LogP contribution is -2.08. The average molecular weight is 364 g/mol. The minimum Gasteiger partial charge on any atom is -0.289 e. The maximum atomic E-state index is 12.6.